The number of amides is 2. The first-order valence-electron chi connectivity index (χ1n) is 9.54. The van der Waals surface area contributed by atoms with Gasteiger partial charge in [-0.1, -0.05) is 36.4 Å². The zero-order chi connectivity index (χ0) is 18.8. The fourth-order valence-corrected chi connectivity index (χ4v) is 4.17. The fourth-order valence-electron chi connectivity index (χ4n) is 4.17. The number of carbonyl (C=O) groups excluding carboxylic acids is 2. The van der Waals surface area contributed by atoms with Gasteiger partial charge in [0, 0.05) is 18.5 Å². The maximum absolute atomic E-state index is 12.9. The number of carbonyl (C=O) groups is 2. The van der Waals surface area contributed by atoms with Crippen molar-refractivity contribution in [2.75, 3.05) is 20.2 Å². The van der Waals surface area contributed by atoms with Crippen molar-refractivity contribution in [1.82, 2.24) is 4.90 Å². The second kappa shape index (κ2) is 7.53. The molecule has 1 N–H and O–H groups in total. The molecule has 2 atom stereocenters. The molecular formula is C22H25N2O3+. The third kappa shape index (κ3) is 3.60. The van der Waals surface area contributed by atoms with E-state index in [0.29, 0.717) is 19.4 Å². The summed E-state index contributed by atoms with van der Waals surface area (Å²) in [5.74, 6) is 0.758. The van der Waals surface area contributed by atoms with Gasteiger partial charge in [-0.3, -0.25) is 14.5 Å². The Hall–Kier alpha value is -2.66. The van der Waals surface area contributed by atoms with E-state index in [1.54, 1.807) is 7.11 Å². The molecule has 2 aromatic rings. The van der Waals surface area contributed by atoms with Crippen molar-refractivity contribution >= 4 is 11.8 Å². The van der Waals surface area contributed by atoms with Crippen LogP contribution in [0.2, 0.25) is 0 Å². The number of hydrogen-bond donors (Lipinski definition) is 1. The Bertz CT molecular complexity index is 847. The number of imide groups is 1. The second-order valence-corrected chi connectivity index (χ2v) is 7.34. The first kappa shape index (κ1) is 17.7. The summed E-state index contributed by atoms with van der Waals surface area (Å²) in [4.78, 5) is 28.1. The van der Waals surface area contributed by atoms with E-state index in [4.69, 9.17) is 4.74 Å². The van der Waals surface area contributed by atoms with Crippen LogP contribution in [0, 0.1) is 0 Å². The van der Waals surface area contributed by atoms with E-state index < -0.39 is 0 Å². The monoisotopic (exact) mass is 365 g/mol. The van der Waals surface area contributed by atoms with Crippen LogP contribution >= 0.6 is 0 Å². The molecule has 0 bridgehead atoms. The molecule has 0 radical (unpaired) electrons. The number of quaternary nitrogens is 1. The molecule has 2 amide bonds. The molecule has 5 nitrogen and oxygen atoms in total. The molecule has 2 aromatic carbocycles. The van der Waals surface area contributed by atoms with E-state index >= 15 is 0 Å². The average molecular weight is 365 g/mol. The summed E-state index contributed by atoms with van der Waals surface area (Å²) in [6, 6.07) is 15.9. The summed E-state index contributed by atoms with van der Waals surface area (Å²) in [6.07, 6.45) is 1.97. The van der Waals surface area contributed by atoms with Crippen LogP contribution in [0.4, 0.5) is 0 Å². The Morgan fingerprint density at radius 2 is 1.81 bits per heavy atom. The Morgan fingerprint density at radius 3 is 2.56 bits per heavy atom. The maximum atomic E-state index is 12.9. The number of benzene rings is 2. The van der Waals surface area contributed by atoms with Crippen LogP contribution in [-0.4, -0.2) is 43.0 Å². The predicted molar refractivity (Wildman–Crippen MR) is 102 cm³/mol. The lowest BCUT2D eigenvalue weighted by Crippen LogP contribution is -3.16. The van der Waals surface area contributed by atoms with Gasteiger partial charge in [-0.25, -0.2) is 0 Å². The third-order valence-corrected chi connectivity index (χ3v) is 5.77. The lowest BCUT2D eigenvalue weighted by molar-refractivity contribution is -0.930. The molecule has 1 fully saturated rings. The Balaban J connectivity index is 1.40. The average Bonchev–Trinajstić information content (AvgIpc) is 3.00. The Kier molecular flexibility index (Phi) is 4.94. The third-order valence-electron chi connectivity index (χ3n) is 5.77. The largest absolute Gasteiger partial charge is 0.497 e. The molecule has 0 aliphatic carbocycles. The zero-order valence-electron chi connectivity index (χ0n) is 15.6. The first-order chi connectivity index (χ1) is 13.2. The number of hydrogen-bond acceptors (Lipinski definition) is 3. The van der Waals surface area contributed by atoms with E-state index in [0.717, 1.165) is 30.8 Å². The van der Waals surface area contributed by atoms with Gasteiger partial charge in [0.2, 0.25) is 5.91 Å². The van der Waals surface area contributed by atoms with Crippen molar-refractivity contribution in [3.8, 4) is 5.75 Å². The molecule has 5 heteroatoms. The van der Waals surface area contributed by atoms with Crippen molar-refractivity contribution in [3.63, 3.8) is 0 Å². The summed E-state index contributed by atoms with van der Waals surface area (Å²) in [5.41, 5.74) is 3.77. The highest BCUT2D eigenvalue weighted by Gasteiger charge is 2.45. The first-order valence-corrected chi connectivity index (χ1v) is 9.54. The van der Waals surface area contributed by atoms with Gasteiger partial charge in [-0.2, -0.15) is 0 Å². The highest BCUT2D eigenvalue weighted by Crippen LogP contribution is 2.17. The van der Waals surface area contributed by atoms with Gasteiger partial charge < -0.3 is 9.64 Å². The lowest BCUT2D eigenvalue weighted by atomic mass is 9.98. The predicted octanol–water partition coefficient (Wildman–Crippen LogP) is 1.01. The topological polar surface area (TPSA) is 51.0 Å². The minimum atomic E-state index is -0.235. The molecule has 2 heterocycles. The van der Waals surface area contributed by atoms with Crippen LogP contribution in [0.1, 0.15) is 23.1 Å². The number of fused-ring (bicyclic) bond motifs is 1. The number of nitrogens with one attached hydrogen (secondary N) is 1. The Labute approximate surface area is 159 Å². The molecule has 1 saturated heterocycles. The van der Waals surface area contributed by atoms with Crippen molar-refractivity contribution in [2.45, 2.75) is 31.8 Å². The van der Waals surface area contributed by atoms with Gasteiger partial charge in [-0.05, 0) is 29.7 Å². The highest BCUT2D eigenvalue weighted by molar-refractivity contribution is 6.04. The van der Waals surface area contributed by atoms with Crippen LogP contribution in [-0.2, 0) is 29.0 Å². The Morgan fingerprint density at radius 1 is 1.07 bits per heavy atom. The molecule has 0 spiro atoms. The normalized spacial score (nSPS) is 22.0. The van der Waals surface area contributed by atoms with Crippen molar-refractivity contribution in [1.29, 1.82) is 0 Å². The van der Waals surface area contributed by atoms with Crippen molar-refractivity contribution < 1.29 is 19.2 Å². The molecule has 1 unspecified atom stereocenters. The molecule has 0 saturated carbocycles. The minimum absolute atomic E-state index is 0.0112. The summed E-state index contributed by atoms with van der Waals surface area (Å²) in [5, 5.41) is 0. The van der Waals surface area contributed by atoms with Gasteiger partial charge in [0.1, 0.15) is 12.3 Å². The second-order valence-electron chi connectivity index (χ2n) is 7.34. The van der Waals surface area contributed by atoms with Crippen molar-refractivity contribution in [3.05, 3.63) is 65.2 Å². The quantitative estimate of drug-likeness (QED) is 0.805. The molecule has 2 aliphatic rings. The van der Waals surface area contributed by atoms with Crippen LogP contribution in [0.5, 0.6) is 5.75 Å². The molecule has 2 aliphatic heterocycles. The van der Waals surface area contributed by atoms with E-state index in [9.17, 15) is 9.59 Å². The van der Waals surface area contributed by atoms with Crippen LogP contribution in [0.15, 0.2) is 48.5 Å². The molecular weight excluding hydrogens is 340 g/mol. The summed E-state index contributed by atoms with van der Waals surface area (Å²) >= 11 is 0. The number of ether oxygens (including phenoxy) is 1. The number of rotatable bonds is 5. The van der Waals surface area contributed by atoms with Gasteiger partial charge >= 0.3 is 0 Å². The zero-order valence-corrected chi connectivity index (χ0v) is 15.6. The number of likely N-dealkylation sites (tertiary alicyclic amines) is 1. The fraction of sp³-hybridized carbons (Fsp3) is 0.364. The number of methoxy groups -OCH3 is 1. The summed E-state index contributed by atoms with van der Waals surface area (Å²) in [6.45, 7) is 2.18. The highest BCUT2D eigenvalue weighted by atomic mass is 16.5. The molecule has 0 aromatic heterocycles. The summed E-state index contributed by atoms with van der Waals surface area (Å²) < 4.78 is 5.17. The van der Waals surface area contributed by atoms with Gasteiger partial charge in [0.05, 0.1) is 20.1 Å². The SMILES string of the molecule is COc1ccc(CCN2C(=O)C[C@@H]([NH+]3CCc4ccccc4C3)C2=O)cc1. The van der Waals surface area contributed by atoms with Crippen molar-refractivity contribution in [2.24, 2.45) is 0 Å². The van der Waals surface area contributed by atoms with E-state index in [2.05, 4.69) is 18.2 Å². The van der Waals surface area contributed by atoms with E-state index in [1.807, 2.05) is 30.3 Å². The van der Waals surface area contributed by atoms with Gasteiger partial charge in [0.25, 0.3) is 5.91 Å². The standard InChI is InChI=1S/C22H24N2O3/c1-27-19-8-6-16(7-9-19)10-13-24-21(25)14-20(22(24)26)23-12-11-17-4-2-3-5-18(17)15-23/h2-9,20H,10-15H2,1H3/p+1/t20-/m1/s1. The minimum Gasteiger partial charge on any atom is -0.497 e. The smallest absolute Gasteiger partial charge is 0.288 e. The van der Waals surface area contributed by atoms with E-state index in [1.165, 1.54) is 20.9 Å². The molecule has 27 heavy (non-hydrogen) atoms. The van der Waals surface area contributed by atoms with Crippen LogP contribution in [0.3, 0.4) is 0 Å². The summed E-state index contributed by atoms with van der Waals surface area (Å²) in [7, 11) is 1.64. The lowest BCUT2D eigenvalue weighted by Gasteiger charge is -2.29. The van der Waals surface area contributed by atoms with Crippen LogP contribution in [0.25, 0.3) is 0 Å². The molecule has 140 valence electrons. The molecule has 4 rings (SSSR count). The van der Waals surface area contributed by atoms with Crippen LogP contribution < -0.4 is 9.64 Å². The van der Waals surface area contributed by atoms with E-state index in [-0.39, 0.29) is 17.9 Å². The maximum Gasteiger partial charge on any atom is 0.288 e. The van der Waals surface area contributed by atoms with Gasteiger partial charge in [0.15, 0.2) is 6.04 Å². The number of nitrogens with zero attached hydrogens (tertiary/aromatic N) is 1. The van der Waals surface area contributed by atoms with Gasteiger partial charge in [-0.15, -0.1) is 0 Å².